The van der Waals surface area contributed by atoms with Crippen LogP contribution in [0.3, 0.4) is 0 Å². The first-order valence-electron chi connectivity index (χ1n) is 19.6. The Bertz CT molecular complexity index is 1920. The molecule has 0 N–H and O–H groups in total. The first kappa shape index (κ1) is 58.2. The van der Waals surface area contributed by atoms with Crippen LogP contribution in [0.4, 0.5) is 0 Å². The van der Waals surface area contributed by atoms with Gasteiger partial charge in [-0.15, -0.1) is 34.7 Å². The van der Waals surface area contributed by atoms with Crippen molar-refractivity contribution in [1.82, 2.24) is 28.7 Å². The standard InChI is InChI=1S/C18H18O6.2C12H15N3O3.2C2H6/c1-4-7-22-16(19)13-10-14(17(20)23-8-5-2)12-15(11-13)18(21)24-9-6-3;1-4-7-16-10-13-11(17-8-5-2)15-12(14-10)18-9-6-3;1-4-7-13-10(16)14(8-5-2)12(18)15(9-6-3)11(13)17;2*1-2/h4-6,10-12H,1-3,7-9H2;2*4-6H,1-3,7-9H2;2*1-2H3. The van der Waals surface area contributed by atoms with Crippen molar-refractivity contribution in [3.8, 4) is 18.0 Å². The molecule has 0 saturated heterocycles. The summed E-state index contributed by atoms with van der Waals surface area (Å²) in [4.78, 5) is 83.6. The largest absolute Gasteiger partial charge is 0.459 e. The van der Waals surface area contributed by atoms with E-state index in [1.54, 1.807) is 18.2 Å². The van der Waals surface area contributed by atoms with Crippen molar-refractivity contribution in [1.29, 1.82) is 0 Å². The van der Waals surface area contributed by atoms with Gasteiger partial charge in [-0.25, -0.2) is 42.5 Å². The van der Waals surface area contributed by atoms with Crippen LogP contribution in [0.5, 0.6) is 18.0 Å². The first-order chi connectivity index (χ1) is 30.9. The summed E-state index contributed by atoms with van der Waals surface area (Å²) < 4.78 is 33.2. The Morgan fingerprint density at radius 2 is 0.641 bits per heavy atom. The maximum atomic E-state index is 12.0. The number of allylic oxidation sites excluding steroid dienone is 3. The summed E-state index contributed by atoms with van der Waals surface area (Å²) in [5.74, 6) is -2.11. The normalized spacial score (nSPS) is 9.19. The molecule has 0 radical (unpaired) electrons. The summed E-state index contributed by atoms with van der Waals surface area (Å²) in [6.45, 7) is 40.4. The van der Waals surface area contributed by atoms with E-state index in [1.807, 2.05) is 27.7 Å². The molecule has 346 valence electrons. The summed E-state index contributed by atoms with van der Waals surface area (Å²) in [7, 11) is 0. The second-order valence-electron chi connectivity index (χ2n) is 11.0. The second-order valence-corrected chi connectivity index (χ2v) is 11.0. The van der Waals surface area contributed by atoms with Gasteiger partial charge >= 0.3 is 53.0 Å². The molecule has 0 spiro atoms. The molecule has 2 heterocycles. The molecule has 18 heteroatoms. The Labute approximate surface area is 373 Å². The zero-order chi connectivity index (χ0) is 48.9. The summed E-state index contributed by atoms with van der Waals surface area (Å²) in [6.07, 6.45) is 13.2. The Balaban J connectivity index is 0. The number of carbonyl (C=O) groups is 3. The lowest BCUT2D eigenvalue weighted by Gasteiger charge is -2.10. The van der Waals surface area contributed by atoms with Crippen LogP contribution in [-0.4, -0.2) is 86.2 Å². The van der Waals surface area contributed by atoms with Crippen LogP contribution in [0.1, 0.15) is 58.8 Å². The smallest absolute Gasteiger partial charge is 0.338 e. The summed E-state index contributed by atoms with van der Waals surface area (Å²) >= 11 is 0. The van der Waals surface area contributed by atoms with Gasteiger partial charge in [0.15, 0.2) is 0 Å². The van der Waals surface area contributed by atoms with Crippen molar-refractivity contribution in [2.45, 2.75) is 47.3 Å². The highest BCUT2D eigenvalue weighted by Crippen LogP contribution is 2.16. The molecule has 0 aliphatic carbocycles. The lowest BCUT2D eigenvalue weighted by Crippen LogP contribution is -2.54. The molecule has 3 aromatic rings. The SMILES string of the molecule is C=CCOC(=O)c1cc(C(=O)OCC=C)cc(C(=O)OCC=C)c1.C=CCOc1nc(OCC=C)nc(OCC=C)n1.C=CCn1c(=O)n(CC=C)c(=O)n(CC=C)c1=O.CC.CC. The van der Waals surface area contributed by atoms with Gasteiger partial charge in [0.25, 0.3) is 0 Å². The van der Waals surface area contributed by atoms with Crippen LogP contribution in [0.15, 0.2) is 146 Å². The molecule has 0 unspecified atom stereocenters. The molecule has 0 aliphatic heterocycles. The van der Waals surface area contributed by atoms with Crippen molar-refractivity contribution in [3.05, 3.63) is 180 Å². The van der Waals surface area contributed by atoms with Gasteiger partial charge in [0, 0.05) is 0 Å². The second kappa shape index (κ2) is 35.8. The minimum Gasteiger partial charge on any atom is -0.459 e. The van der Waals surface area contributed by atoms with Gasteiger partial charge in [-0.1, -0.05) is 122 Å². The number of ether oxygens (including phenoxy) is 6. The summed E-state index contributed by atoms with van der Waals surface area (Å²) in [6, 6.07) is 4.18. The Kier molecular flexibility index (Phi) is 32.6. The van der Waals surface area contributed by atoms with Crippen LogP contribution in [0, 0.1) is 0 Å². The van der Waals surface area contributed by atoms with Crippen molar-refractivity contribution < 1.29 is 42.8 Å². The highest BCUT2D eigenvalue weighted by Gasteiger charge is 2.19. The number of nitrogens with zero attached hydrogens (tertiary/aromatic N) is 6. The maximum absolute atomic E-state index is 12.0. The van der Waals surface area contributed by atoms with Gasteiger partial charge in [0.2, 0.25) is 0 Å². The molecule has 0 fully saturated rings. The van der Waals surface area contributed by atoms with Crippen molar-refractivity contribution in [3.63, 3.8) is 0 Å². The molecule has 0 amide bonds. The summed E-state index contributed by atoms with van der Waals surface area (Å²) in [5.41, 5.74) is -1.92. The zero-order valence-electron chi connectivity index (χ0n) is 37.2. The van der Waals surface area contributed by atoms with E-state index in [0.29, 0.717) is 0 Å². The number of esters is 3. The highest BCUT2D eigenvalue weighted by molar-refractivity contribution is 6.00. The third-order valence-corrected chi connectivity index (χ3v) is 6.52. The average Bonchev–Trinajstić information content (AvgIpc) is 3.32. The third-order valence-electron chi connectivity index (χ3n) is 6.52. The van der Waals surface area contributed by atoms with Crippen LogP contribution >= 0.6 is 0 Å². The molecular weight excluding hydrogens is 829 g/mol. The van der Waals surface area contributed by atoms with Gasteiger partial charge < -0.3 is 28.4 Å². The number of rotatable bonds is 24. The van der Waals surface area contributed by atoms with Crippen LogP contribution in [0.25, 0.3) is 0 Å². The fourth-order valence-corrected chi connectivity index (χ4v) is 4.09. The molecule has 0 saturated carbocycles. The van der Waals surface area contributed by atoms with E-state index in [9.17, 15) is 28.8 Å². The lowest BCUT2D eigenvalue weighted by atomic mass is 10.1. The van der Waals surface area contributed by atoms with Gasteiger partial charge in [-0.2, -0.15) is 0 Å². The van der Waals surface area contributed by atoms with E-state index < -0.39 is 35.0 Å². The van der Waals surface area contributed by atoms with E-state index >= 15 is 0 Å². The van der Waals surface area contributed by atoms with E-state index in [-0.39, 0.29) is 94.0 Å². The fraction of sp³-hybridized carbons (Fsp3) is 0.283. The van der Waals surface area contributed by atoms with E-state index in [4.69, 9.17) is 28.4 Å². The molecule has 18 nitrogen and oxygen atoms in total. The minimum absolute atomic E-state index is 0.000214. The Morgan fingerprint density at radius 3 is 0.828 bits per heavy atom. The minimum atomic E-state index is -0.703. The van der Waals surface area contributed by atoms with Gasteiger partial charge in [0.1, 0.15) is 39.6 Å². The number of aromatic nitrogens is 6. The predicted octanol–water partition coefficient (Wildman–Crippen LogP) is 6.06. The zero-order valence-corrected chi connectivity index (χ0v) is 37.2. The van der Waals surface area contributed by atoms with Crippen LogP contribution in [0.2, 0.25) is 0 Å². The lowest BCUT2D eigenvalue weighted by molar-refractivity contribution is 0.0546. The van der Waals surface area contributed by atoms with Crippen molar-refractivity contribution in [2.24, 2.45) is 0 Å². The topological polar surface area (TPSA) is 211 Å². The van der Waals surface area contributed by atoms with E-state index in [0.717, 1.165) is 13.7 Å². The average molecular weight is 889 g/mol. The van der Waals surface area contributed by atoms with Gasteiger partial charge in [-0.3, -0.25) is 0 Å². The molecule has 2 aromatic heterocycles. The van der Waals surface area contributed by atoms with E-state index in [2.05, 4.69) is 74.2 Å². The maximum Gasteiger partial charge on any atom is 0.338 e. The molecular formula is C46H60N6O12. The molecule has 0 aliphatic rings. The summed E-state index contributed by atoms with van der Waals surface area (Å²) in [5, 5.41) is 0. The highest BCUT2D eigenvalue weighted by atomic mass is 16.5. The molecule has 64 heavy (non-hydrogen) atoms. The first-order valence-corrected chi connectivity index (χ1v) is 19.6. The fourth-order valence-electron chi connectivity index (χ4n) is 4.09. The number of benzene rings is 1. The van der Waals surface area contributed by atoms with Crippen molar-refractivity contribution >= 4 is 17.9 Å². The quantitative estimate of drug-likeness (QED) is 0.0568. The van der Waals surface area contributed by atoms with Gasteiger partial charge in [0.05, 0.1) is 36.3 Å². The molecule has 0 bridgehead atoms. The van der Waals surface area contributed by atoms with Crippen molar-refractivity contribution in [2.75, 3.05) is 39.6 Å². The Morgan fingerprint density at radius 1 is 0.422 bits per heavy atom. The molecule has 0 atom stereocenters. The number of carbonyl (C=O) groups excluding carboxylic acids is 3. The molecule has 3 rings (SSSR count). The monoisotopic (exact) mass is 888 g/mol. The number of hydrogen-bond donors (Lipinski definition) is 0. The van der Waals surface area contributed by atoms with Crippen LogP contribution < -0.4 is 31.3 Å². The number of hydrogen-bond acceptors (Lipinski definition) is 15. The third kappa shape index (κ3) is 21.1. The van der Waals surface area contributed by atoms with Gasteiger partial charge in [-0.05, 0) is 18.2 Å². The predicted molar refractivity (Wildman–Crippen MR) is 247 cm³/mol. The molecule has 1 aromatic carbocycles. The van der Waals surface area contributed by atoms with E-state index in [1.165, 1.54) is 54.7 Å². The Hall–Kier alpha value is -7.89. The van der Waals surface area contributed by atoms with Crippen LogP contribution in [-0.2, 0) is 33.8 Å².